The Bertz CT molecular complexity index is 616. The van der Waals surface area contributed by atoms with Gasteiger partial charge < -0.3 is 28.4 Å². The number of hydrogen-bond donors (Lipinski definition) is 0. The molecule has 1 unspecified atom stereocenters. The molecule has 1 aliphatic heterocycles. The highest BCUT2D eigenvalue weighted by molar-refractivity contribution is 5.94. The van der Waals surface area contributed by atoms with Gasteiger partial charge in [-0.3, -0.25) is 19.2 Å². The van der Waals surface area contributed by atoms with Crippen molar-refractivity contribution in [2.24, 2.45) is 11.8 Å². The maximum atomic E-state index is 12.1. The third-order valence-corrected chi connectivity index (χ3v) is 5.07. The Kier molecular flexibility index (Phi) is 12.2. The zero-order chi connectivity index (χ0) is 24.3. The number of carbonyl (C=O) groups is 4. The summed E-state index contributed by atoms with van der Waals surface area (Å²) < 4.78 is 32.5. The molecule has 0 amide bonds. The van der Waals surface area contributed by atoms with Gasteiger partial charge in [-0.1, -0.05) is 13.8 Å². The molecular formula is C22H36O10. The minimum atomic E-state index is -1.05. The second kappa shape index (κ2) is 14.1. The van der Waals surface area contributed by atoms with E-state index in [-0.39, 0.29) is 38.3 Å². The number of carbonyl (C=O) groups excluding carboxylic acids is 4. The van der Waals surface area contributed by atoms with Crippen LogP contribution in [0.4, 0.5) is 0 Å². The van der Waals surface area contributed by atoms with E-state index in [9.17, 15) is 19.2 Å². The topological polar surface area (TPSA) is 124 Å². The lowest BCUT2D eigenvalue weighted by Crippen LogP contribution is -2.57. The van der Waals surface area contributed by atoms with Gasteiger partial charge in [0.25, 0.3) is 0 Å². The molecule has 0 aromatic heterocycles. The molecule has 0 spiro atoms. The molecule has 0 aromatic carbocycles. The van der Waals surface area contributed by atoms with Gasteiger partial charge in [0, 0.05) is 26.4 Å². The minimum Gasteiger partial charge on any atom is -0.465 e. The smallest absolute Gasteiger partial charge is 0.320 e. The van der Waals surface area contributed by atoms with Crippen molar-refractivity contribution in [1.29, 1.82) is 0 Å². The summed E-state index contributed by atoms with van der Waals surface area (Å²) in [6.07, 6.45) is -1.80. The second-order valence-electron chi connectivity index (χ2n) is 7.53. The van der Waals surface area contributed by atoms with Gasteiger partial charge in [0.15, 0.2) is 18.3 Å². The summed E-state index contributed by atoms with van der Waals surface area (Å²) in [4.78, 5) is 47.5. The molecule has 0 aliphatic carbocycles. The number of esters is 4. The van der Waals surface area contributed by atoms with Crippen molar-refractivity contribution in [3.63, 3.8) is 0 Å². The average molecular weight is 461 g/mol. The second-order valence-corrected chi connectivity index (χ2v) is 7.53. The quantitative estimate of drug-likeness (QED) is 0.185. The predicted molar refractivity (Wildman–Crippen MR) is 111 cm³/mol. The molecule has 32 heavy (non-hydrogen) atoms. The Morgan fingerprint density at radius 3 is 1.88 bits per heavy atom. The normalized spacial score (nSPS) is 25.2. The summed E-state index contributed by atoms with van der Waals surface area (Å²) in [7, 11) is 0. The molecule has 10 heteroatoms. The summed E-state index contributed by atoms with van der Waals surface area (Å²) in [6.45, 7) is 10.0. The first kappa shape index (κ1) is 27.8. The van der Waals surface area contributed by atoms with Crippen LogP contribution in [0.15, 0.2) is 0 Å². The largest absolute Gasteiger partial charge is 0.465 e. The fraction of sp³-hybridized carbons (Fsp3) is 0.818. The molecule has 1 rings (SSSR count). The Labute approximate surface area is 189 Å². The Morgan fingerprint density at radius 2 is 1.41 bits per heavy atom. The fourth-order valence-electron chi connectivity index (χ4n) is 3.63. The molecule has 0 aromatic rings. The van der Waals surface area contributed by atoms with Gasteiger partial charge in [0.05, 0.1) is 19.3 Å². The van der Waals surface area contributed by atoms with Crippen molar-refractivity contribution in [3.8, 4) is 0 Å². The van der Waals surface area contributed by atoms with Crippen LogP contribution in [0.1, 0.15) is 60.8 Å². The summed E-state index contributed by atoms with van der Waals surface area (Å²) in [5.41, 5.74) is 0. The van der Waals surface area contributed by atoms with Crippen LogP contribution in [0.5, 0.6) is 0 Å². The molecule has 1 fully saturated rings. The molecule has 0 bridgehead atoms. The van der Waals surface area contributed by atoms with E-state index in [0.717, 1.165) is 0 Å². The van der Waals surface area contributed by atoms with E-state index in [1.165, 1.54) is 13.8 Å². The monoisotopic (exact) mass is 460 g/mol. The van der Waals surface area contributed by atoms with Crippen LogP contribution in [0.3, 0.4) is 0 Å². The van der Waals surface area contributed by atoms with Crippen LogP contribution in [-0.2, 0) is 47.6 Å². The van der Waals surface area contributed by atoms with E-state index in [1.54, 1.807) is 13.8 Å². The molecular weight excluding hydrogens is 424 g/mol. The molecule has 1 aliphatic rings. The van der Waals surface area contributed by atoms with Crippen molar-refractivity contribution in [2.45, 2.75) is 85.4 Å². The Balaban J connectivity index is 2.84. The van der Waals surface area contributed by atoms with Gasteiger partial charge in [-0.25, -0.2) is 0 Å². The molecule has 0 saturated carbocycles. The van der Waals surface area contributed by atoms with E-state index >= 15 is 0 Å². The average Bonchev–Trinajstić information content (AvgIpc) is 2.71. The van der Waals surface area contributed by atoms with Gasteiger partial charge in [-0.15, -0.1) is 0 Å². The first-order valence-electron chi connectivity index (χ1n) is 11.1. The lowest BCUT2D eigenvalue weighted by atomic mass is 9.89. The minimum absolute atomic E-state index is 0.106. The van der Waals surface area contributed by atoms with Crippen LogP contribution in [0, 0.1) is 11.8 Å². The lowest BCUT2D eigenvalue weighted by Gasteiger charge is -2.44. The van der Waals surface area contributed by atoms with Crippen molar-refractivity contribution in [3.05, 3.63) is 0 Å². The molecule has 1 saturated heterocycles. The molecule has 0 radical (unpaired) electrons. The van der Waals surface area contributed by atoms with Crippen molar-refractivity contribution >= 4 is 23.9 Å². The van der Waals surface area contributed by atoms with Gasteiger partial charge in [0.2, 0.25) is 0 Å². The van der Waals surface area contributed by atoms with Gasteiger partial charge in [-0.2, -0.15) is 0 Å². The fourth-order valence-corrected chi connectivity index (χ4v) is 3.63. The highest BCUT2D eigenvalue weighted by Gasteiger charge is 2.47. The molecule has 184 valence electrons. The van der Waals surface area contributed by atoms with Gasteiger partial charge in [-0.05, 0) is 33.1 Å². The van der Waals surface area contributed by atoms with Crippen LogP contribution < -0.4 is 0 Å². The van der Waals surface area contributed by atoms with E-state index in [0.29, 0.717) is 12.8 Å². The summed E-state index contributed by atoms with van der Waals surface area (Å²) in [5, 5.41) is 0. The van der Waals surface area contributed by atoms with E-state index in [1.807, 2.05) is 13.8 Å². The summed E-state index contributed by atoms with van der Waals surface area (Å²) in [6, 6.07) is 0. The summed E-state index contributed by atoms with van der Waals surface area (Å²) in [5.74, 6) is -3.62. The lowest BCUT2D eigenvalue weighted by molar-refractivity contribution is -0.290. The zero-order valence-corrected chi connectivity index (χ0v) is 19.8. The Morgan fingerprint density at radius 1 is 0.875 bits per heavy atom. The maximum absolute atomic E-state index is 12.1. The van der Waals surface area contributed by atoms with E-state index in [4.69, 9.17) is 28.4 Å². The van der Waals surface area contributed by atoms with Crippen LogP contribution in [0.2, 0.25) is 0 Å². The third kappa shape index (κ3) is 8.38. The van der Waals surface area contributed by atoms with Crippen LogP contribution >= 0.6 is 0 Å². The van der Waals surface area contributed by atoms with Crippen molar-refractivity contribution in [1.82, 2.24) is 0 Å². The van der Waals surface area contributed by atoms with E-state index in [2.05, 4.69) is 0 Å². The SMILES string of the molecule is CCOC(=O)C(CCCOC1O[C@H](CC)[C@@H](C)[C@H](OC(C)=O)[C@H]1OC(C)=O)C(=O)OCC. The molecule has 10 nitrogen and oxygen atoms in total. The first-order chi connectivity index (χ1) is 15.2. The van der Waals surface area contributed by atoms with Crippen molar-refractivity contribution < 1.29 is 47.6 Å². The standard InChI is InChI=1S/C22H36O10/c1-7-17-13(4)18(30-14(5)23)19(31-15(6)24)22(32-17)29-12-10-11-16(20(25)27-8-2)21(26)28-9-3/h13,16-19,22H,7-12H2,1-6H3/t13-,17-,18+,19-,22?/m1/s1. The maximum Gasteiger partial charge on any atom is 0.320 e. The third-order valence-electron chi connectivity index (χ3n) is 5.07. The molecule has 1 heterocycles. The van der Waals surface area contributed by atoms with Crippen LogP contribution in [-0.4, -0.2) is 68.3 Å². The van der Waals surface area contributed by atoms with Gasteiger partial charge >= 0.3 is 23.9 Å². The van der Waals surface area contributed by atoms with Gasteiger partial charge in [0.1, 0.15) is 6.10 Å². The number of hydrogen-bond acceptors (Lipinski definition) is 10. The van der Waals surface area contributed by atoms with Crippen molar-refractivity contribution in [2.75, 3.05) is 19.8 Å². The highest BCUT2D eigenvalue weighted by Crippen LogP contribution is 2.32. The Hall–Kier alpha value is -2.20. The first-order valence-corrected chi connectivity index (χ1v) is 11.1. The highest BCUT2D eigenvalue weighted by atomic mass is 16.7. The zero-order valence-electron chi connectivity index (χ0n) is 19.8. The van der Waals surface area contributed by atoms with E-state index < -0.39 is 48.3 Å². The number of rotatable bonds is 12. The molecule has 5 atom stereocenters. The predicted octanol–water partition coefficient (Wildman–Crippen LogP) is 2.16. The number of ether oxygens (including phenoxy) is 6. The summed E-state index contributed by atoms with van der Waals surface area (Å²) >= 11 is 0. The molecule has 0 N–H and O–H groups in total. The van der Waals surface area contributed by atoms with Crippen LogP contribution in [0.25, 0.3) is 0 Å².